The monoisotopic (exact) mass is 326 g/mol. The maximum Gasteiger partial charge on any atom is 0.219 e. The van der Waals surface area contributed by atoms with E-state index < -0.39 is 0 Å². The van der Waals surface area contributed by atoms with Crippen LogP contribution in [-0.4, -0.2) is 24.0 Å². The minimum absolute atomic E-state index is 0.100. The summed E-state index contributed by atoms with van der Waals surface area (Å²) in [5, 5.41) is 3.40. The van der Waals surface area contributed by atoms with Crippen LogP contribution in [0.5, 0.6) is 5.75 Å². The number of benzene rings is 2. The highest BCUT2D eigenvalue weighted by Gasteiger charge is 2.12. The van der Waals surface area contributed by atoms with E-state index in [0.717, 1.165) is 22.6 Å². The van der Waals surface area contributed by atoms with Crippen LogP contribution in [0.2, 0.25) is 0 Å². The Balaban J connectivity index is 1.98. The molecule has 2 rings (SSSR count). The van der Waals surface area contributed by atoms with Crippen molar-refractivity contribution < 1.29 is 9.53 Å². The fourth-order valence-electron chi connectivity index (χ4n) is 2.63. The number of ether oxygens (including phenoxy) is 1. The van der Waals surface area contributed by atoms with Gasteiger partial charge >= 0.3 is 0 Å². The molecule has 0 aliphatic rings. The molecule has 0 bridgehead atoms. The van der Waals surface area contributed by atoms with E-state index in [0.29, 0.717) is 13.1 Å². The van der Waals surface area contributed by atoms with Gasteiger partial charge in [0.2, 0.25) is 5.91 Å². The first-order valence-corrected chi connectivity index (χ1v) is 8.23. The van der Waals surface area contributed by atoms with Gasteiger partial charge in [-0.1, -0.05) is 30.3 Å². The summed E-state index contributed by atoms with van der Waals surface area (Å²) in [5.74, 6) is 0.985. The Morgan fingerprint density at radius 3 is 2.38 bits per heavy atom. The van der Waals surface area contributed by atoms with Crippen LogP contribution in [0.3, 0.4) is 0 Å². The van der Waals surface area contributed by atoms with Gasteiger partial charge in [0.25, 0.3) is 0 Å². The van der Waals surface area contributed by atoms with E-state index in [-0.39, 0.29) is 11.9 Å². The maximum atomic E-state index is 11.7. The van der Waals surface area contributed by atoms with Gasteiger partial charge in [-0.3, -0.25) is 4.79 Å². The molecule has 0 saturated heterocycles. The Bertz CT molecular complexity index is 666. The van der Waals surface area contributed by atoms with Crippen molar-refractivity contribution in [2.24, 2.45) is 0 Å². The SMILES string of the molecule is COc1ccccc1CNc1ccc(CN(C(C)=O)C(C)C)cc1. The lowest BCUT2D eigenvalue weighted by molar-refractivity contribution is -0.131. The fraction of sp³-hybridized carbons (Fsp3) is 0.350. The molecule has 4 heteroatoms. The van der Waals surface area contributed by atoms with Gasteiger partial charge in [-0.2, -0.15) is 0 Å². The van der Waals surface area contributed by atoms with Gasteiger partial charge in [-0.05, 0) is 37.6 Å². The summed E-state index contributed by atoms with van der Waals surface area (Å²) in [5.41, 5.74) is 3.29. The summed E-state index contributed by atoms with van der Waals surface area (Å²) in [6, 6.07) is 16.4. The molecule has 0 aliphatic heterocycles. The van der Waals surface area contributed by atoms with Crippen LogP contribution < -0.4 is 10.1 Å². The molecule has 0 unspecified atom stereocenters. The van der Waals surface area contributed by atoms with Crippen LogP contribution >= 0.6 is 0 Å². The van der Waals surface area contributed by atoms with E-state index in [1.54, 1.807) is 14.0 Å². The molecule has 4 nitrogen and oxygen atoms in total. The second-order valence-electron chi connectivity index (χ2n) is 6.10. The molecule has 24 heavy (non-hydrogen) atoms. The molecule has 0 heterocycles. The average Bonchev–Trinajstić information content (AvgIpc) is 2.58. The molecule has 2 aromatic carbocycles. The number of methoxy groups -OCH3 is 1. The minimum atomic E-state index is 0.100. The van der Waals surface area contributed by atoms with Crippen molar-refractivity contribution in [2.75, 3.05) is 12.4 Å². The highest BCUT2D eigenvalue weighted by atomic mass is 16.5. The normalized spacial score (nSPS) is 10.5. The summed E-state index contributed by atoms with van der Waals surface area (Å²) in [6.07, 6.45) is 0. The smallest absolute Gasteiger partial charge is 0.219 e. The molecule has 0 fully saturated rings. The largest absolute Gasteiger partial charge is 0.496 e. The fourth-order valence-corrected chi connectivity index (χ4v) is 2.63. The van der Waals surface area contributed by atoms with Gasteiger partial charge in [-0.15, -0.1) is 0 Å². The number of nitrogens with zero attached hydrogens (tertiary/aromatic N) is 1. The van der Waals surface area contributed by atoms with Crippen molar-refractivity contribution in [3.8, 4) is 5.75 Å². The number of hydrogen-bond donors (Lipinski definition) is 1. The topological polar surface area (TPSA) is 41.6 Å². The molecular formula is C20H26N2O2. The van der Waals surface area contributed by atoms with Crippen LogP contribution in [-0.2, 0) is 17.9 Å². The number of amides is 1. The summed E-state index contributed by atoms with van der Waals surface area (Å²) in [4.78, 5) is 13.5. The lowest BCUT2D eigenvalue weighted by atomic mass is 10.1. The van der Waals surface area contributed by atoms with Crippen LogP contribution in [0.25, 0.3) is 0 Å². The van der Waals surface area contributed by atoms with Crippen LogP contribution in [0.4, 0.5) is 5.69 Å². The standard InChI is InChI=1S/C20H26N2O2/c1-15(2)22(16(3)23)14-17-9-11-19(12-10-17)21-13-18-7-5-6-8-20(18)24-4/h5-12,15,21H,13-14H2,1-4H3. The van der Waals surface area contributed by atoms with E-state index in [9.17, 15) is 4.79 Å². The average molecular weight is 326 g/mol. The summed E-state index contributed by atoms with van der Waals surface area (Å²) in [7, 11) is 1.68. The van der Waals surface area contributed by atoms with Crippen molar-refractivity contribution in [1.29, 1.82) is 0 Å². The number of nitrogens with one attached hydrogen (secondary N) is 1. The van der Waals surface area contributed by atoms with E-state index in [1.807, 2.05) is 55.1 Å². The van der Waals surface area contributed by atoms with Crippen molar-refractivity contribution in [2.45, 2.75) is 39.9 Å². The van der Waals surface area contributed by atoms with Gasteiger partial charge in [0, 0.05) is 37.3 Å². The Hall–Kier alpha value is -2.49. The molecule has 0 aliphatic carbocycles. The second kappa shape index (κ2) is 8.39. The third-order valence-corrected chi connectivity index (χ3v) is 4.01. The van der Waals surface area contributed by atoms with Crippen LogP contribution in [0, 0.1) is 0 Å². The number of carbonyl (C=O) groups excluding carboxylic acids is 1. The third kappa shape index (κ3) is 4.75. The molecular weight excluding hydrogens is 300 g/mol. The first kappa shape index (κ1) is 17.9. The third-order valence-electron chi connectivity index (χ3n) is 4.01. The van der Waals surface area contributed by atoms with Crippen molar-refractivity contribution in [3.05, 3.63) is 59.7 Å². The zero-order valence-electron chi connectivity index (χ0n) is 14.9. The Kier molecular flexibility index (Phi) is 6.24. The quantitative estimate of drug-likeness (QED) is 0.834. The van der Waals surface area contributed by atoms with Gasteiger partial charge in [0.05, 0.1) is 7.11 Å². The summed E-state index contributed by atoms with van der Waals surface area (Å²) >= 11 is 0. The lowest BCUT2D eigenvalue weighted by Crippen LogP contribution is -2.34. The number of rotatable bonds is 7. The predicted octanol–water partition coefficient (Wildman–Crippen LogP) is 4.06. The molecule has 128 valence electrons. The van der Waals surface area contributed by atoms with Gasteiger partial charge in [0.1, 0.15) is 5.75 Å². The lowest BCUT2D eigenvalue weighted by Gasteiger charge is -2.25. The Morgan fingerprint density at radius 1 is 1.12 bits per heavy atom. The zero-order chi connectivity index (χ0) is 17.5. The number of hydrogen-bond acceptors (Lipinski definition) is 3. The van der Waals surface area contributed by atoms with E-state index in [1.165, 1.54) is 0 Å². The summed E-state index contributed by atoms with van der Waals surface area (Å²) in [6.45, 7) is 7.02. The Labute approximate surface area is 144 Å². The number of carbonyl (C=O) groups is 1. The van der Waals surface area contributed by atoms with Crippen molar-refractivity contribution >= 4 is 11.6 Å². The molecule has 2 aromatic rings. The van der Waals surface area contributed by atoms with Gasteiger partial charge < -0.3 is 15.0 Å². The van der Waals surface area contributed by atoms with E-state index >= 15 is 0 Å². The maximum absolute atomic E-state index is 11.7. The predicted molar refractivity (Wildman–Crippen MR) is 98.1 cm³/mol. The minimum Gasteiger partial charge on any atom is -0.496 e. The number of anilines is 1. The molecule has 0 saturated carbocycles. The highest BCUT2D eigenvalue weighted by Crippen LogP contribution is 2.19. The van der Waals surface area contributed by atoms with Crippen molar-refractivity contribution in [1.82, 2.24) is 4.90 Å². The molecule has 0 radical (unpaired) electrons. The Morgan fingerprint density at radius 2 is 1.79 bits per heavy atom. The molecule has 0 aromatic heterocycles. The van der Waals surface area contributed by atoms with Crippen molar-refractivity contribution in [3.63, 3.8) is 0 Å². The van der Waals surface area contributed by atoms with Crippen LogP contribution in [0.1, 0.15) is 31.9 Å². The second-order valence-corrected chi connectivity index (χ2v) is 6.10. The number of para-hydroxylation sites is 1. The summed E-state index contributed by atoms with van der Waals surface area (Å²) < 4.78 is 5.36. The first-order chi connectivity index (χ1) is 11.5. The van der Waals surface area contributed by atoms with Crippen LogP contribution in [0.15, 0.2) is 48.5 Å². The zero-order valence-corrected chi connectivity index (χ0v) is 14.9. The molecule has 0 atom stereocenters. The van der Waals surface area contributed by atoms with E-state index in [2.05, 4.69) is 17.4 Å². The highest BCUT2D eigenvalue weighted by molar-refractivity contribution is 5.73. The first-order valence-electron chi connectivity index (χ1n) is 8.23. The molecule has 1 N–H and O–H groups in total. The van der Waals surface area contributed by atoms with Gasteiger partial charge in [0.15, 0.2) is 0 Å². The molecule has 0 spiro atoms. The van der Waals surface area contributed by atoms with Gasteiger partial charge in [-0.25, -0.2) is 0 Å². The van der Waals surface area contributed by atoms with E-state index in [4.69, 9.17) is 4.74 Å². The molecule has 1 amide bonds.